The van der Waals surface area contributed by atoms with E-state index in [1.165, 1.54) is 16.7 Å². The van der Waals surface area contributed by atoms with Crippen LogP contribution >= 0.6 is 23.4 Å². The van der Waals surface area contributed by atoms with Crippen LogP contribution in [0.1, 0.15) is 18.2 Å². The molecule has 1 saturated heterocycles. The van der Waals surface area contributed by atoms with Gasteiger partial charge in [-0.3, -0.25) is 9.78 Å². The molecule has 0 aromatic carbocycles. The summed E-state index contributed by atoms with van der Waals surface area (Å²) in [5.41, 5.74) is 1.26. The van der Waals surface area contributed by atoms with Gasteiger partial charge in [0.25, 0.3) is 0 Å². The molecule has 0 bridgehead atoms. The molecule has 0 saturated carbocycles. The lowest BCUT2D eigenvalue weighted by molar-refractivity contribution is -0.137. The molecule has 0 N–H and O–H groups in total. The number of aromatic nitrogens is 1. The average Bonchev–Trinajstić information content (AvgIpc) is 2.55. The third-order valence-electron chi connectivity index (χ3n) is 3.75. The number of nitrogens with zero attached hydrogens (tertiary/aromatic N) is 2. The third-order valence-corrected chi connectivity index (χ3v) is 4.99. The molecular weight excluding hydrogens is 373 g/mol. The van der Waals surface area contributed by atoms with E-state index in [1.807, 2.05) is 0 Å². The maximum atomic E-state index is 12.8. The molecule has 0 radical (unpaired) electrons. The summed E-state index contributed by atoms with van der Waals surface area (Å²) in [5, 5.41) is -0.111. The summed E-state index contributed by atoms with van der Waals surface area (Å²) in [4.78, 5) is 17.3. The molecule has 0 spiro atoms. The van der Waals surface area contributed by atoms with Crippen molar-refractivity contribution in [3.05, 3.63) is 58.5 Å². The monoisotopic (exact) mass is 388 g/mol. The van der Waals surface area contributed by atoms with Crippen molar-refractivity contribution < 1.29 is 18.0 Å². The summed E-state index contributed by atoms with van der Waals surface area (Å²) < 4.78 is 38.4. The van der Waals surface area contributed by atoms with E-state index in [9.17, 15) is 18.0 Å². The number of alkyl halides is 3. The third kappa shape index (κ3) is 4.46. The van der Waals surface area contributed by atoms with Crippen LogP contribution in [0.2, 0.25) is 5.02 Å². The second-order valence-electron chi connectivity index (χ2n) is 5.43. The molecule has 134 valence electrons. The lowest BCUT2D eigenvalue weighted by Gasteiger charge is -2.26. The first-order valence-electron chi connectivity index (χ1n) is 7.26. The second kappa shape index (κ2) is 7.66. The van der Waals surface area contributed by atoms with Gasteiger partial charge in [0.05, 0.1) is 22.0 Å². The molecule has 1 aliphatic heterocycles. The Hall–Kier alpha value is -1.73. The zero-order valence-corrected chi connectivity index (χ0v) is 15.2. The van der Waals surface area contributed by atoms with E-state index in [0.717, 1.165) is 18.0 Å². The second-order valence-corrected chi connectivity index (χ2v) is 6.83. The van der Waals surface area contributed by atoms with Gasteiger partial charge >= 0.3 is 6.18 Å². The highest BCUT2D eigenvalue weighted by Gasteiger charge is 2.32. The van der Waals surface area contributed by atoms with Crippen molar-refractivity contribution in [2.24, 2.45) is 0 Å². The summed E-state index contributed by atoms with van der Waals surface area (Å²) in [6.07, 6.45) is -0.472. The molecule has 1 fully saturated rings. The van der Waals surface area contributed by atoms with Crippen LogP contribution in [0.15, 0.2) is 42.3 Å². The van der Waals surface area contributed by atoms with Crippen molar-refractivity contribution in [3.63, 3.8) is 0 Å². The smallest absolute Gasteiger partial charge is 0.318 e. The molecule has 0 unspecified atom stereocenters. The number of carbonyl (C=O) groups is 1. The van der Waals surface area contributed by atoms with Crippen molar-refractivity contribution in [2.45, 2.75) is 13.1 Å². The van der Waals surface area contributed by atoms with E-state index in [-0.39, 0.29) is 16.6 Å². The first-order chi connectivity index (χ1) is 11.6. The van der Waals surface area contributed by atoms with Gasteiger partial charge in [0, 0.05) is 30.3 Å². The number of hydrogen-bond acceptors (Lipinski definition) is 3. The maximum absolute atomic E-state index is 12.8. The van der Waals surface area contributed by atoms with Crippen molar-refractivity contribution in [1.82, 2.24) is 9.88 Å². The predicted molar refractivity (Wildman–Crippen MR) is 95.2 cm³/mol. The topological polar surface area (TPSA) is 33.2 Å². The molecule has 2 heterocycles. The van der Waals surface area contributed by atoms with Gasteiger partial charge in [-0.25, -0.2) is 0 Å². The number of rotatable bonds is 3. The van der Waals surface area contributed by atoms with Crippen LogP contribution in [-0.4, -0.2) is 34.3 Å². The quantitative estimate of drug-likeness (QED) is 0.697. The Morgan fingerprint density at radius 3 is 2.68 bits per heavy atom. The van der Waals surface area contributed by atoms with Crippen LogP contribution in [0.5, 0.6) is 0 Å². The summed E-state index contributed by atoms with van der Waals surface area (Å²) >= 11 is 7.54. The van der Waals surface area contributed by atoms with Gasteiger partial charge in [-0.1, -0.05) is 24.3 Å². The van der Waals surface area contributed by atoms with Crippen LogP contribution in [0.3, 0.4) is 0 Å². The molecule has 1 amide bonds. The Bertz CT molecular complexity index is 772. The molecule has 25 heavy (non-hydrogen) atoms. The van der Waals surface area contributed by atoms with Crippen molar-refractivity contribution in [2.75, 3.05) is 18.6 Å². The molecule has 1 aliphatic rings. The number of halogens is 4. The van der Waals surface area contributed by atoms with Crippen LogP contribution in [0.4, 0.5) is 13.2 Å². The fourth-order valence-corrected chi connectivity index (χ4v) is 3.40. The van der Waals surface area contributed by atoms with E-state index >= 15 is 0 Å². The number of pyridine rings is 1. The Kier molecular flexibility index (Phi) is 6.00. The molecule has 2 rings (SSSR count). The van der Waals surface area contributed by atoms with Gasteiger partial charge in [-0.2, -0.15) is 13.2 Å². The average molecular weight is 389 g/mol. The maximum Gasteiger partial charge on any atom is 0.417 e. The van der Waals surface area contributed by atoms with Gasteiger partial charge < -0.3 is 4.90 Å². The molecule has 1 aromatic heterocycles. The Labute approximate surface area is 153 Å². The van der Waals surface area contributed by atoms with Gasteiger partial charge in [0.1, 0.15) is 0 Å². The Balaban J connectivity index is 2.54. The summed E-state index contributed by atoms with van der Waals surface area (Å²) in [6, 6.07) is 0.850. The highest BCUT2D eigenvalue weighted by Crippen LogP contribution is 2.34. The van der Waals surface area contributed by atoms with Gasteiger partial charge in [-0.15, -0.1) is 11.8 Å². The van der Waals surface area contributed by atoms with Crippen molar-refractivity contribution >= 4 is 34.8 Å². The molecule has 1 aromatic rings. The van der Waals surface area contributed by atoms with Crippen LogP contribution < -0.4 is 0 Å². The molecule has 8 heteroatoms. The Morgan fingerprint density at radius 1 is 1.44 bits per heavy atom. The number of hydrogen-bond donors (Lipinski definition) is 0. The molecule has 3 nitrogen and oxygen atoms in total. The zero-order chi connectivity index (χ0) is 18.8. The molecular formula is C17H16ClF3N2OS. The van der Waals surface area contributed by atoms with Gasteiger partial charge in [0.15, 0.2) is 0 Å². The SMILES string of the molecule is C=C/C(C)=C(\C=C1/CSCC(=O)N1C)c1ncc(C(F)(F)F)cc1Cl. The largest absolute Gasteiger partial charge is 0.417 e. The predicted octanol–water partition coefficient (Wildman–Crippen LogP) is 4.80. The van der Waals surface area contributed by atoms with Crippen molar-refractivity contribution in [3.8, 4) is 0 Å². The summed E-state index contributed by atoms with van der Waals surface area (Å²) in [5.74, 6) is 0.964. The van der Waals surface area contributed by atoms with E-state index in [0.29, 0.717) is 22.7 Å². The summed E-state index contributed by atoms with van der Waals surface area (Å²) in [7, 11) is 1.66. The lowest BCUT2D eigenvalue weighted by Crippen LogP contribution is -2.32. The van der Waals surface area contributed by atoms with Crippen LogP contribution in [-0.2, 0) is 11.0 Å². The highest BCUT2D eigenvalue weighted by atomic mass is 35.5. The standard InChI is InChI=1S/C17H16ClF3N2OS/c1-4-10(2)13(6-12-8-25-9-15(24)23(12)3)16-14(18)5-11(7-22-16)17(19,20)21/h4-7H,1,8-9H2,2-3H3/b12-6+,13-10+. The first kappa shape index (κ1) is 19.6. The number of carbonyl (C=O) groups excluding carboxylic acids is 1. The minimum absolute atomic E-state index is 0.0374. The van der Waals surface area contributed by atoms with E-state index in [1.54, 1.807) is 26.1 Å². The van der Waals surface area contributed by atoms with E-state index in [2.05, 4.69) is 11.6 Å². The summed E-state index contributed by atoms with van der Waals surface area (Å²) in [6.45, 7) is 5.45. The minimum Gasteiger partial charge on any atom is -0.318 e. The molecule has 0 atom stereocenters. The minimum atomic E-state index is -4.52. The van der Waals surface area contributed by atoms with Crippen LogP contribution in [0, 0.1) is 0 Å². The number of thioether (sulfide) groups is 1. The first-order valence-corrected chi connectivity index (χ1v) is 8.79. The van der Waals surface area contributed by atoms with Crippen LogP contribution in [0.25, 0.3) is 5.57 Å². The van der Waals surface area contributed by atoms with E-state index < -0.39 is 11.7 Å². The van der Waals surface area contributed by atoms with Gasteiger partial charge in [-0.05, 0) is 24.6 Å². The fraction of sp³-hybridized carbons (Fsp3) is 0.294. The number of allylic oxidation sites excluding steroid dienone is 4. The fourth-order valence-electron chi connectivity index (χ4n) is 2.17. The highest BCUT2D eigenvalue weighted by molar-refractivity contribution is 8.00. The molecule has 0 aliphatic carbocycles. The lowest BCUT2D eigenvalue weighted by atomic mass is 10.0. The normalized spacial score (nSPS) is 18.4. The Morgan fingerprint density at radius 2 is 2.12 bits per heavy atom. The van der Waals surface area contributed by atoms with Crippen molar-refractivity contribution in [1.29, 1.82) is 0 Å². The number of amides is 1. The van der Waals surface area contributed by atoms with E-state index in [4.69, 9.17) is 11.6 Å². The van der Waals surface area contributed by atoms with Gasteiger partial charge in [0.2, 0.25) is 5.91 Å². The zero-order valence-electron chi connectivity index (χ0n) is 13.7.